The second-order valence-corrected chi connectivity index (χ2v) is 8.02. The van der Waals surface area contributed by atoms with Gasteiger partial charge < -0.3 is 10.6 Å². The van der Waals surface area contributed by atoms with E-state index in [4.69, 9.17) is 23.8 Å². The highest BCUT2D eigenvalue weighted by molar-refractivity contribution is 7.99. The van der Waals surface area contributed by atoms with E-state index in [1.807, 2.05) is 23.9 Å². The summed E-state index contributed by atoms with van der Waals surface area (Å²) in [7, 11) is 0. The van der Waals surface area contributed by atoms with Crippen molar-refractivity contribution in [1.82, 2.24) is 5.32 Å². The van der Waals surface area contributed by atoms with Crippen molar-refractivity contribution in [1.29, 1.82) is 0 Å². The van der Waals surface area contributed by atoms with Crippen molar-refractivity contribution in [3.05, 3.63) is 58.6 Å². The molecule has 2 aromatic rings. The standard InChI is InChI=1S/C19H23ClN2S2/c1-13-8-14(2)10-17(9-13)22-19(23)21-11-15(3)12-24-18-6-4-16(20)5-7-18/h4-10,15H,11-12H2,1-3H3,(H2,21,22,23)/t15-/m0/s1. The van der Waals surface area contributed by atoms with E-state index in [2.05, 4.69) is 61.7 Å². The number of hydrogen-bond donors (Lipinski definition) is 2. The zero-order valence-electron chi connectivity index (χ0n) is 14.2. The maximum atomic E-state index is 5.90. The molecule has 0 spiro atoms. The zero-order valence-corrected chi connectivity index (χ0v) is 16.6. The van der Waals surface area contributed by atoms with Crippen LogP contribution in [0.5, 0.6) is 0 Å². The lowest BCUT2D eigenvalue weighted by molar-refractivity contribution is 0.637. The topological polar surface area (TPSA) is 24.1 Å². The van der Waals surface area contributed by atoms with E-state index in [9.17, 15) is 0 Å². The maximum absolute atomic E-state index is 5.90. The molecule has 24 heavy (non-hydrogen) atoms. The molecule has 0 saturated carbocycles. The molecule has 1 atom stereocenters. The van der Waals surface area contributed by atoms with Gasteiger partial charge in [-0.15, -0.1) is 11.8 Å². The number of anilines is 1. The van der Waals surface area contributed by atoms with Gasteiger partial charge in [-0.25, -0.2) is 0 Å². The molecule has 0 unspecified atom stereocenters. The quantitative estimate of drug-likeness (QED) is 0.499. The van der Waals surface area contributed by atoms with E-state index in [0.717, 1.165) is 23.0 Å². The van der Waals surface area contributed by atoms with E-state index < -0.39 is 0 Å². The van der Waals surface area contributed by atoms with Crippen LogP contribution in [0.15, 0.2) is 47.4 Å². The van der Waals surface area contributed by atoms with Crippen LogP contribution in [0, 0.1) is 19.8 Å². The minimum atomic E-state index is 0.504. The van der Waals surface area contributed by atoms with Crippen molar-refractivity contribution < 1.29 is 0 Å². The molecule has 0 aromatic heterocycles. The van der Waals surface area contributed by atoms with Gasteiger partial charge in [-0.2, -0.15) is 0 Å². The predicted molar refractivity (Wildman–Crippen MR) is 111 cm³/mol. The van der Waals surface area contributed by atoms with Crippen molar-refractivity contribution in [2.24, 2.45) is 5.92 Å². The van der Waals surface area contributed by atoms with Gasteiger partial charge in [0.15, 0.2) is 5.11 Å². The van der Waals surface area contributed by atoms with E-state index in [0.29, 0.717) is 11.0 Å². The van der Waals surface area contributed by atoms with Crippen LogP contribution in [0.3, 0.4) is 0 Å². The smallest absolute Gasteiger partial charge is 0.170 e. The van der Waals surface area contributed by atoms with Gasteiger partial charge >= 0.3 is 0 Å². The Balaban J connectivity index is 1.73. The molecule has 0 aliphatic carbocycles. The van der Waals surface area contributed by atoms with E-state index in [1.54, 1.807) is 0 Å². The highest BCUT2D eigenvalue weighted by atomic mass is 35.5. The van der Waals surface area contributed by atoms with Crippen molar-refractivity contribution in [3.63, 3.8) is 0 Å². The molecule has 0 fully saturated rings. The SMILES string of the molecule is Cc1cc(C)cc(NC(=S)NC[C@H](C)CSc2ccc(Cl)cc2)c1. The van der Waals surface area contributed by atoms with Gasteiger partial charge in [-0.05, 0) is 79.5 Å². The Kier molecular flexibility index (Phi) is 7.40. The average Bonchev–Trinajstić information content (AvgIpc) is 2.51. The first-order valence-corrected chi connectivity index (χ1v) is 9.71. The Morgan fingerprint density at radius 3 is 2.38 bits per heavy atom. The van der Waals surface area contributed by atoms with Gasteiger partial charge in [-0.3, -0.25) is 0 Å². The average molecular weight is 379 g/mol. The summed E-state index contributed by atoms with van der Waals surface area (Å²) < 4.78 is 0. The number of benzene rings is 2. The molecule has 0 aliphatic heterocycles. The van der Waals surface area contributed by atoms with Gasteiger partial charge in [0.1, 0.15) is 0 Å². The van der Waals surface area contributed by atoms with Crippen LogP contribution in [0.4, 0.5) is 5.69 Å². The molecular weight excluding hydrogens is 356 g/mol. The number of rotatable bonds is 6. The lowest BCUT2D eigenvalue weighted by Gasteiger charge is -2.15. The molecule has 0 aliphatic rings. The summed E-state index contributed by atoms with van der Waals surface area (Å²) in [5.74, 6) is 1.53. The molecule has 0 heterocycles. The molecule has 2 rings (SSSR count). The number of aryl methyl sites for hydroxylation is 2. The van der Waals surface area contributed by atoms with Crippen molar-refractivity contribution in [2.45, 2.75) is 25.7 Å². The molecular formula is C19H23ClN2S2. The second kappa shape index (κ2) is 9.30. The fraction of sp³-hybridized carbons (Fsp3) is 0.316. The second-order valence-electron chi connectivity index (χ2n) is 6.08. The van der Waals surface area contributed by atoms with E-state index in [-0.39, 0.29) is 0 Å². The Labute approximate surface area is 159 Å². The van der Waals surface area contributed by atoms with Crippen LogP contribution in [-0.4, -0.2) is 17.4 Å². The van der Waals surface area contributed by atoms with Crippen LogP contribution < -0.4 is 10.6 Å². The first-order chi connectivity index (χ1) is 11.4. The number of hydrogen-bond acceptors (Lipinski definition) is 2. The summed E-state index contributed by atoms with van der Waals surface area (Å²) in [5, 5.41) is 8.00. The van der Waals surface area contributed by atoms with Crippen molar-refractivity contribution >= 4 is 46.4 Å². The molecule has 128 valence electrons. The lowest BCUT2D eigenvalue weighted by Crippen LogP contribution is -2.32. The molecule has 0 bridgehead atoms. The molecule has 2 nitrogen and oxygen atoms in total. The normalized spacial score (nSPS) is 11.8. The van der Waals surface area contributed by atoms with E-state index >= 15 is 0 Å². The fourth-order valence-electron chi connectivity index (χ4n) is 2.32. The van der Waals surface area contributed by atoms with E-state index in [1.165, 1.54) is 16.0 Å². The molecule has 0 amide bonds. The van der Waals surface area contributed by atoms with Crippen molar-refractivity contribution in [2.75, 3.05) is 17.6 Å². The largest absolute Gasteiger partial charge is 0.362 e. The first kappa shape index (κ1) is 19.1. The van der Waals surface area contributed by atoms with Gasteiger partial charge in [-0.1, -0.05) is 24.6 Å². The zero-order chi connectivity index (χ0) is 17.5. The monoisotopic (exact) mass is 378 g/mol. The number of thiocarbonyl (C=S) groups is 1. The van der Waals surface area contributed by atoms with Crippen LogP contribution in [-0.2, 0) is 0 Å². The van der Waals surface area contributed by atoms with Crippen molar-refractivity contribution in [3.8, 4) is 0 Å². The third-order valence-electron chi connectivity index (χ3n) is 3.44. The summed E-state index contributed by atoms with van der Waals surface area (Å²) in [6.07, 6.45) is 0. The van der Waals surface area contributed by atoms with Crippen LogP contribution in [0.25, 0.3) is 0 Å². The highest BCUT2D eigenvalue weighted by Gasteiger charge is 2.05. The van der Waals surface area contributed by atoms with Gasteiger partial charge in [0, 0.05) is 27.9 Å². The van der Waals surface area contributed by atoms with Crippen LogP contribution in [0.1, 0.15) is 18.1 Å². The fourth-order valence-corrected chi connectivity index (χ4v) is 3.57. The molecule has 2 N–H and O–H groups in total. The predicted octanol–water partition coefficient (Wildman–Crippen LogP) is 5.67. The number of nitrogens with one attached hydrogen (secondary N) is 2. The Hall–Kier alpha value is -1.23. The maximum Gasteiger partial charge on any atom is 0.170 e. The lowest BCUT2D eigenvalue weighted by atomic mass is 10.1. The molecule has 0 saturated heterocycles. The molecule has 0 radical (unpaired) electrons. The third kappa shape index (κ3) is 6.71. The Bertz CT molecular complexity index is 666. The van der Waals surface area contributed by atoms with Gasteiger partial charge in [0.25, 0.3) is 0 Å². The van der Waals surface area contributed by atoms with Crippen LogP contribution in [0.2, 0.25) is 5.02 Å². The van der Waals surface area contributed by atoms with Gasteiger partial charge in [0.2, 0.25) is 0 Å². The minimum absolute atomic E-state index is 0.504. The third-order valence-corrected chi connectivity index (χ3v) is 5.28. The highest BCUT2D eigenvalue weighted by Crippen LogP contribution is 2.22. The minimum Gasteiger partial charge on any atom is -0.362 e. The molecule has 5 heteroatoms. The van der Waals surface area contributed by atoms with Gasteiger partial charge in [0.05, 0.1) is 0 Å². The summed E-state index contributed by atoms with van der Waals surface area (Å²) in [4.78, 5) is 1.24. The summed E-state index contributed by atoms with van der Waals surface area (Å²) in [6.45, 7) is 7.24. The number of thioether (sulfide) groups is 1. The first-order valence-electron chi connectivity index (χ1n) is 7.94. The van der Waals surface area contributed by atoms with Crippen LogP contribution >= 0.6 is 35.6 Å². The summed E-state index contributed by atoms with van der Waals surface area (Å²) >= 11 is 13.1. The Morgan fingerprint density at radius 2 is 1.75 bits per heavy atom. The number of halogens is 1. The summed E-state index contributed by atoms with van der Waals surface area (Å²) in [5.41, 5.74) is 3.49. The Morgan fingerprint density at radius 1 is 1.12 bits per heavy atom. The summed E-state index contributed by atoms with van der Waals surface area (Å²) in [6, 6.07) is 14.3. The molecule has 2 aromatic carbocycles.